The summed E-state index contributed by atoms with van der Waals surface area (Å²) in [6.07, 6.45) is 0. The maximum atomic E-state index is 6.28. The maximum Gasteiger partial charge on any atom is 0.495 e. The van der Waals surface area contributed by atoms with Crippen LogP contribution < -0.4 is 10.8 Å². The normalized spacial score (nSPS) is 23.7. The molecule has 0 unspecified atom stereocenters. The van der Waals surface area contributed by atoms with E-state index in [1.165, 1.54) is 20.2 Å². The molecule has 2 saturated heterocycles. The summed E-state index contributed by atoms with van der Waals surface area (Å²) >= 11 is 2.43. The Morgan fingerprint density at radius 3 is 2.29 bits per heavy atom. The molecule has 0 aromatic heterocycles. The largest absolute Gasteiger partial charge is 0.495 e. The van der Waals surface area contributed by atoms with Gasteiger partial charge in [-0.15, -0.1) is 0 Å². The fraction of sp³-hybridized carbons (Fsp3) is 0.667. The molecule has 132 valence electrons. The van der Waals surface area contributed by atoms with Crippen molar-refractivity contribution in [1.82, 2.24) is 10.2 Å². The van der Waals surface area contributed by atoms with Crippen LogP contribution in [0.1, 0.15) is 38.8 Å². The molecule has 0 radical (unpaired) electrons. The summed E-state index contributed by atoms with van der Waals surface area (Å²) < 4.78 is 13.8. The number of hydrogen-bond donors (Lipinski definition) is 1. The van der Waals surface area contributed by atoms with Crippen LogP contribution in [0, 0.1) is 10.5 Å². The molecule has 1 aromatic rings. The van der Waals surface area contributed by atoms with Crippen LogP contribution in [-0.4, -0.2) is 49.4 Å². The van der Waals surface area contributed by atoms with Gasteiger partial charge >= 0.3 is 7.12 Å². The SMILES string of the molecule is Cc1c(I)cc(CN2CCNCC2)cc1B1OC(C)(C)C(C)(C)O1. The zero-order valence-electron chi connectivity index (χ0n) is 15.4. The van der Waals surface area contributed by atoms with Crippen molar-refractivity contribution in [3.8, 4) is 0 Å². The van der Waals surface area contributed by atoms with Gasteiger partial charge in [0.15, 0.2) is 0 Å². The molecular weight excluding hydrogens is 414 g/mol. The van der Waals surface area contributed by atoms with Crippen LogP contribution in [0.4, 0.5) is 0 Å². The fourth-order valence-electron chi connectivity index (χ4n) is 3.19. The summed E-state index contributed by atoms with van der Waals surface area (Å²) in [7, 11) is -0.286. The number of hydrogen-bond acceptors (Lipinski definition) is 4. The molecule has 0 spiro atoms. The molecule has 2 aliphatic rings. The van der Waals surface area contributed by atoms with Crippen molar-refractivity contribution in [2.45, 2.75) is 52.4 Å². The Hall–Kier alpha value is -0.145. The molecule has 6 heteroatoms. The smallest absolute Gasteiger partial charge is 0.399 e. The average molecular weight is 442 g/mol. The fourth-order valence-corrected chi connectivity index (χ4v) is 3.90. The van der Waals surface area contributed by atoms with Crippen LogP contribution in [0.15, 0.2) is 12.1 Å². The number of benzene rings is 1. The van der Waals surface area contributed by atoms with Crippen molar-refractivity contribution >= 4 is 35.2 Å². The van der Waals surface area contributed by atoms with Gasteiger partial charge in [-0.25, -0.2) is 0 Å². The molecule has 2 fully saturated rings. The molecule has 2 aliphatic heterocycles. The first-order valence-corrected chi connectivity index (χ1v) is 9.85. The number of halogens is 1. The van der Waals surface area contributed by atoms with Gasteiger partial charge in [-0.1, -0.05) is 6.07 Å². The Balaban J connectivity index is 1.85. The summed E-state index contributed by atoms with van der Waals surface area (Å²) in [4.78, 5) is 2.51. The highest BCUT2D eigenvalue weighted by atomic mass is 127. The summed E-state index contributed by atoms with van der Waals surface area (Å²) in [6.45, 7) is 16.0. The van der Waals surface area contributed by atoms with Crippen LogP contribution in [0.25, 0.3) is 0 Å². The van der Waals surface area contributed by atoms with Crippen LogP contribution in [0.2, 0.25) is 0 Å². The monoisotopic (exact) mass is 442 g/mol. The molecule has 1 N–H and O–H groups in total. The Bertz CT molecular complexity index is 599. The van der Waals surface area contributed by atoms with Gasteiger partial charge < -0.3 is 14.6 Å². The maximum absolute atomic E-state index is 6.28. The van der Waals surface area contributed by atoms with E-state index in [-0.39, 0.29) is 18.3 Å². The molecule has 0 bridgehead atoms. The number of nitrogens with one attached hydrogen (secondary N) is 1. The molecule has 4 nitrogen and oxygen atoms in total. The Labute approximate surface area is 159 Å². The van der Waals surface area contributed by atoms with E-state index < -0.39 is 0 Å². The topological polar surface area (TPSA) is 33.7 Å². The molecule has 0 amide bonds. The predicted octanol–water partition coefficient (Wildman–Crippen LogP) is 2.30. The molecule has 3 rings (SSSR count). The van der Waals surface area contributed by atoms with Crippen molar-refractivity contribution in [2.24, 2.45) is 0 Å². The second kappa shape index (κ2) is 6.87. The van der Waals surface area contributed by atoms with Gasteiger partial charge in [0, 0.05) is 36.3 Å². The lowest BCUT2D eigenvalue weighted by atomic mass is 9.75. The minimum atomic E-state index is -0.302. The summed E-state index contributed by atoms with van der Waals surface area (Å²) in [6, 6.07) is 4.58. The number of rotatable bonds is 3. The van der Waals surface area contributed by atoms with Gasteiger partial charge in [-0.05, 0) is 79.9 Å². The van der Waals surface area contributed by atoms with Crippen molar-refractivity contribution in [1.29, 1.82) is 0 Å². The van der Waals surface area contributed by atoms with Gasteiger partial charge in [0.2, 0.25) is 0 Å². The van der Waals surface area contributed by atoms with Crippen LogP contribution >= 0.6 is 22.6 Å². The molecule has 0 atom stereocenters. The highest BCUT2D eigenvalue weighted by Gasteiger charge is 2.52. The number of piperazine rings is 1. The van der Waals surface area contributed by atoms with Crippen molar-refractivity contribution in [3.05, 3.63) is 26.8 Å². The molecular formula is C18H28BIN2O2. The van der Waals surface area contributed by atoms with E-state index >= 15 is 0 Å². The zero-order valence-corrected chi connectivity index (χ0v) is 17.6. The highest BCUT2D eigenvalue weighted by molar-refractivity contribution is 14.1. The van der Waals surface area contributed by atoms with Gasteiger partial charge in [-0.3, -0.25) is 4.90 Å². The third-order valence-corrected chi connectivity index (χ3v) is 6.69. The Morgan fingerprint density at radius 2 is 1.71 bits per heavy atom. The Kier molecular flexibility index (Phi) is 5.34. The number of nitrogens with zero attached hydrogens (tertiary/aromatic N) is 1. The Morgan fingerprint density at radius 1 is 1.12 bits per heavy atom. The summed E-state index contributed by atoms with van der Waals surface area (Å²) in [5.74, 6) is 0. The predicted molar refractivity (Wildman–Crippen MR) is 108 cm³/mol. The second-order valence-corrected chi connectivity index (χ2v) is 9.07. The molecule has 0 saturated carbocycles. The summed E-state index contributed by atoms with van der Waals surface area (Å²) in [5, 5.41) is 3.41. The summed E-state index contributed by atoms with van der Waals surface area (Å²) in [5.41, 5.74) is 3.18. The molecule has 0 aliphatic carbocycles. The van der Waals surface area contributed by atoms with E-state index in [4.69, 9.17) is 9.31 Å². The first-order chi connectivity index (χ1) is 11.2. The molecule has 24 heavy (non-hydrogen) atoms. The minimum absolute atomic E-state index is 0.286. The lowest BCUT2D eigenvalue weighted by Crippen LogP contribution is -2.43. The van der Waals surface area contributed by atoms with E-state index in [1.807, 2.05) is 0 Å². The molecule has 2 heterocycles. The van der Waals surface area contributed by atoms with Crippen molar-refractivity contribution < 1.29 is 9.31 Å². The average Bonchev–Trinajstić information content (AvgIpc) is 2.72. The van der Waals surface area contributed by atoms with E-state index in [2.05, 4.69) is 79.6 Å². The van der Waals surface area contributed by atoms with E-state index in [0.717, 1.165) is 32.7 Å². The van der Waals surface area contributed by atoms with Crippen molar-refractivity contribution in [3.63, 3.8) is 0 Å². The lowest BCUT2D eigenvalue weighted by Gasteiger charge is -2.32. The zero-order chi connectivity index (χ0) is 17.5. The van der Waals surface area contributed by atoms with E-state index in [0.29, 0.717) is 0 Å². The molecule has 1 aromatic carbocycles. The van der Waals surface area contributed by atoms with Crippen LogP contribution in [0.5, 0.6) is 0 Å². The van der Waals surface area contributed by atoms with Gasteiger partial charge in [0.1, 0.15) is 0 Å². The third kappa shape index (κ3) is 3.68. The van der Waals surface area contributed by atoms with E-state index in [9.17, 15) is 0 Å². The standard InChI is InChI=1S/C18H28BIN2O2/c1-13-15(19-23-17(2,3)18(4,5)24-19)10-14(11-16(13)20)12-22-8-6-21-7-9-22/h10-11,21H,6-9,12H2,1-5H3. The van der Waals surface area contributed by atoms with E-state index in [1.54, 1.807) is 0 Å². The third-order valence-electron chi connectivity index (χ3n) is 5.57. The van der Waals surface area contributed by atoms with Gasteiger partial charge in [0.25, 0.3) is 0 Å². The lowest BCUT2D eigenvalue weighted by molar-refractivity contribution is 0.00578. The van der Waals surface area contributed by atoms with Crippen LogP contribution in [0.3, 0.4) is 0 Å². The quantitative estimate of drug-likeness (QED) is 0.576. The minimum Gasteiger partial charge on any atom is -0.399 e. The van der Waals surface area contributed by atoms with Gasteiger partial charge in [0.05, 0.1) is 11.2 Å². The second-order valence-electron chi connectivity index (χ2n) is 7.91. The first-order valence-electron chi connectivity index (χ1n) is 8.77. The van der Waals surface area contributed by atoms with Crippen molar-refractivity contribution in [2.75, 3.05) is 26.2 Å². The highest BCUT2D eigenvalue weighted by Crippen LogP contribution is 2.37. The van der Waals surface area contributed by atoms with Crippen LogP contribution in [-0.2, 0) is 15.9 Å². The first kappa shape index (κ1) is 18.6. The van der Waals surface area contributed by atoms with Gasteiger partial charge in [-0.2, -0.15) is 0 Å².